The lowest BCUT2D eigenvalue weighted by Crippen LogP contribution is -2.38. The van der Waals surface area contributed by atoms with Gasteiger partial charge in [0.05, 0.1) is 11.2 Å². The van der Waals surface area contributed by atoms with Crippen molar-refractivity contribution < 1.29 is 9.18 Å². The van der Waals surface area contributed by atoms with Crippen LogP contribution in [0.5, 0.6) is 0 Å². The fourth-order valence-corrected chi connectivity index (χ4v) is 3.45. The van der Waals surface area contributed by atoms with Crippen molar-refractivity contribution in [3.8, 4) is 0 Å². The molecule has 0 saturated heterocycles. The molecule has 0 radical (unpaired) electrons. The second kappa shape index (κ2) is 3.23. The average Bonchev–Trinajstić information content (AvgIpc) is 2.82. The van der Waals surface area contributed by atoms with E-state index in [2.05, 4.69) is 0 Å². The van der Waals surface area contributed by atoms with E-state index < -0.39 is 5.54 Å². The number of nitrogens with zero attached hydrogens (tertiary/aromatic N) is 1. The number of rotatable bonds is 0. The van der Waals surface area contributed by atoms with Crippen LogP contribution < -0.4 is 4.90 Å². The number of para-hydroxylation sites is 1. The minimum atomic E-state index is -0.446. The summed E-state index contributed by atoms with van der Waals surface area (Å²) in [5.41, 5.74) is 2.60. The highest BCUT2D eigenvalue weighted by atomic mass is 19.1. The van der Waals surface area contributed by atoms with Gasteiger partial charge in [0.2, 0.25) is 0 Å². The van der Waals surface area contributed by atoms with E-state index in [-0.39, 0.29) is 11.7 Å². The monoisotopic (exact) mass is 253 g/mol. The average molecular weight is 253 g/mol. The minimum Gasteiger partial charge on any atom is -0.295 e. The molecule has 2 aliphatic heterocycles. The van der Waals surface area contributed by atoms with Gasteiger partial charge in [-0.3, -0.25) is 9.69 Å². The van der Waals surface area contributed by atoms with Gasteiger partial charge in [-0.05, 0) is 30.2 Å². The molecule has 0 N–H and O–H groups in total. The summed E-state index contributed by atoms with van der Waals surface area (Å²) in [6.07, 6.45) is 0.669. The Labute approximate surface area is 110 Å². The number of carbonyl (C=O) groups excluding carboxylic acids is 1. The van der Waals surface area contributed by atoms with Crippen LogP contribution in [0.15, 0.2) is 42.5 Å². The predicted octanol–water partition coefficient (Wildman–Crippen LogP) is 3.26. The molecular formula is C16H12FNO. The molecule has 19 heavy (non-hydrogen) atoms. The second-order valence-corrected chi connectivity index (χ2v) is 5.38. The van der Waals surface area contributed by atoms with E-state index in [0.717, 1.165) is 11.1 Å². The quantitative estimate of drug-likeness (QED) is 0.705. The Balaban J connectivity index is 2.02. The van der Waals surface area contributed by atoms with Crippen LogP contribution >= 0.6 is 0 Å². The maximum atomic E-state index is 14.1. The molecule has 0 saturated carbocycles. The molecule has 0 fully saturated rings. The molecule has 0 aromatic heterocycles. The number of halogens is 1. The molecular weight excluding hydrogens is 241 g/mol. The van der Waals surface area contributed by atoms with Crippen LogP contribution in [0, 0.1) is 5.82 Å². The van der Waals surface area contributed by atoms with E-state index in [0.29, 0.717) is 17.7 Å². The van der Waals surface area contributed by atoms with Crippen molar-refractivity contribution in [3.05, 3.63) is 65.0 Å². The van der Waals surface area contributed by atoms with Crippen LogP contribution in [-0.4, -0.2) is 5.91 Å². The largest absolute Gasteiger partial charge is 0.295 e. The van der Waals surface area contributed by atoms with Gasteiger partial charge in [0, 0.05) is 12.0 Å². The van der Waals surface area contributed by atoms with E-state index >= 15 is 0 Å². The minimum absolute atomic E-state index is 0.0954. The van der Waals surface area contributed by atoms with Crippen LogP contribution in [-0.2, 0) is 12.0 Å². The molecule has 94 valence electrons. The summed E-state index contributed by atoms with van der Waals surface area (Å²) in [5.74, 6) is -0.413. The van der Waals surface area contributed by atoms with Crippen molar-refractivity contribution in [1.29, 1.82) is 0 Å². The van der Waals surface area contributed by atoms with Gasteiger partial charge < -0.3 is 0 Å². The lowest BCUT2D eigenvalue weighted by Gasteiger charge is -2.28. The highest BCUT2D eigenvalue weighted by Gasteiger charge is 2.52. The van der Waals surface area contributed by atoms with Gasteiger partial charge in [-0.2, -0.15) is 0 Å². The lowest BCUT2D eigenvalue weighted by atomic mass is 9.88. The van der Waals surface area contributed by atoms with Crippen molar-refractivity contribution >= 4 is 11.6 Å². The van der Waals surface area contributed by atoms with E-state index in [4.69, 9.17) is 0 Å². The molecule has 3 heteroatoms. The van der Waals surface area contributed by atoms with Crippen LogP contribution in [0.25, 0.3) is 0 Å². The normalized spacial score (nSPS) is 23.3. The first kappa shape index (κ1) is 10.7. The first-order chi connectivity index (χ1) is 9.13. The number of hydrogen-bond donors (Lipinski definition) is 0. The maximum Gasteiger partial charge on any atom is 0.259 e. The van der Waals surface area contributed by atoms with Crippen molar-refractivity contribution in [3.63, 3.8) is 0 Å². The Morgan fingerprint density at radius 1 is 1.16 bits per heavy atom. The second-order valence-electron chi connectivity index (χ2n) is 5.38. The summed E-state index contributed by atoms with van der Waals surface area (Å²) < 4.78 is 14.1. The topological polar surface area (TPSA) is 20.3 Å². The molecule has 1 atom stereocenters. The first-order valence-corrected chi connectivity index (χ1v) is 6.34. The highest BCUT2D eigenvalue weighted by Crippen LogP contribution is 2.51. The highest BCUT2D eigenvalue weighted by molar-refractivity contribution is 6.13. The van der Waals surface area contributed by atoms with E-state index in [1.807, 2.05) is 37.3 Å². The smallest absolute Gasteiger partial charge is 0.259 e. The molecule has 2 aromatic rings. The standard InChI is InChI=1S/C16H12FNO/c1-16-9-10-5-4-8-13(17)14(10)18(16)15(19)11-6-2-3-7-12(11)16/h2-8H,9H2,1H3/t16-/m1/s1. The van der Waals surface area contributed by atoms with Gasteiger partial charge in [-0.15, -0.1) is 0 Å². The van der Waals surface area contributed by atoms with E-state index in [1.54, 1.807) is 11.0 Å². The Kier molecular flexibility index (Phi) is 1.83. The molecule has 0 aliphatic carbocycles. The van der Waals surface area contributed by atoms with Gasteiger partial charge in [0.15, 0.2) is 0 Å². The van der Waals surface area contributed by atoms with Gasteiger partial charge in [0.25, 0.3) is 5.91 Å². The lowest BCUT2D eigenvalue weighted by molar-refractivity contribution is 0.0982. The summed E-state index contributed by atoms with van der Waals surface area (Å²) in [6.45, 7) is 2.01. The predicted molar refractivity (Wildman–Crippen MR) is 70.7 cm³/mol. The third kappa shape index (κ3) is 1.13. The SMILES string of the molecule is C[C@]12Cc3cccc(F)c3N1C(=O)c1ccccc12. The zero-order valence-electron chi connectivity index (χ0n) is 10.5. The van der Waals surface area contributed by atoms with Crippen molar-refractivity contribution in [1.82, 2.24) is 0 Å². The number of benzene rings is 2. The molecule has 2 aliphatic rings. The van der Waals surface area contributed by atoms with Gasteiger partial charge in [-0.1, -0.05) is 30.3 Å². The summed E-state index contributed by atoms with van der Waals surface area (Å²) >= 11 is 0. The van der Waals surface area contributed by atoms with Crippen molar-refractivity contribution in [2.24, 2.45) is 0 Å². The Morgan fingerprint density at radius 3 is 2.79 bits per heavy atom. The van der Waals surface area contributed by atoms with Crippen molar-refractivity contribution in [2.75, 3.05) is 4.90 Å². The molecule has 1 amide bonds. The Bertz CT molecular complexity index is 724. The number of hydrogen-bond acceptors (Lipinski definition) is 1. The Hall–Kier alpha value is -2.16. The molecule has 0 unspecified atom stereocenters. The molecule has 2 nitrogen and oxygen atoms in total. The summed E-state index contributed by atoms with van der Waals surface area (Å²) in [7, 11) is 0. The molecule has 0 bridgehead atoms. The van der Waals surface area contributed by atoms with Crippen LogP contribution in [0.4, 0.5) is 10.1 Å². The van der Waals surface area contributed by atoms with Gasteiger partial charge in [0.1, 0.15) is 5.82 Å². The van der Waals surface area contributed by atoms with Crippen LogP contribution in [0.2, 0.25) is 0 Å². The van der Waals surface area contributed by atoms with Crippen molar-refractivity contribution in [2.45, 2.75) is 18.9 Å². The van der Waals surface area contributed by atoms with Crippen LogP contribution in [0.3, 0.4) is 0 Å². The molecule has 0 spiro atoms. The Morgan fingerprint density at radius 2 is 1.95 bits per heavy atom. The molecule has 2 aromatic carbocycles. The third-order valence-corrected chi connectivity index (χ3v) is 4.26. The molecule has 4 rings (SSSR count). The fourth-order valence-electron chi connectivity index (χ4n) is 3.45. The third-order valence-electron chi connectivity index (χ3n) is 4.26. The molecule has 2 heterocycles. The summed E-state index contributed by atoms with van der Waals surface area (Å²) in [5, 5.41) is 0. The zero-order chi connectivity index (χ0) is 13.2. The number of carbonyl (C=O) groups is 1. The summed E-state index contributed by atoms with van der Waals surface area (Å²) in [6, 6.07) is 12.6. The number of amides is 1. The first-order valence-electron chi connectivity index (χ1n) is 6.34. The summed E-state index contributed by atoms with van der Waals surface area (Å²) in [4.78, 5) is 14.2. The number of fused-ring (bicyclic) bond motifs is 5. The van der Waals surface area contributed by atoms with E-state index in [1.165, 1.54) is 6.07 Å². The van der Waals surface area contributed by atoms with Crippen LogP contribution in [0.1, 0.15) is 28.4 Å². The van der Waals surface area contributed by atoms with E-state index in [9.17, 15) is 9.18 Å². The zero-order valence-corrected chi connectivity index (χ0v) is 10.5. The van der Waals surface area contributed by atoms with Gasteiger partial charge in [-0.25, -0.2) is 4.39 Å². The number of anilines is 1. The van der Waals surface area contributed by atoms with Gasteiger partial charge >= 0.3 is 0 Å². The maximum absolute atomic E-state index is 14.1. The fraction of sp³-hybridized carbons (Fsp3) is 0.188.